The molecule has 3 nitrogen and oxygen atoms in total. The quantitative estimate of drug-likeness (QED) is 0.507. The van der Waals surface area contributed by atoms with E-state index in [4.69, 9.17) is 9.47 Å². The number of carbonyl (C=O) groups excluding carboxylic acids is 1. The molecule has 1 aliphatic carbocycles. The van der Waals surface area contributed by atoms with Crippen molar-refractivity contribution >= 4 is 5.97 Å². The minimum absolute atomic E-state index is 0.101. The van der Waals surface area contributed by atoms with Gasteiger partial charge in [0.2, 0.25) is 0 Å². The molecular formula is C14H24O3. The predicted octanol–water partition coefficient (Wildman–Crippen LogP) is 2.93. The molecule has 2 unspecified atom stereocenters. The Balaban J connectivity index is 2.10. The highest BCUT2D eigenvalue weighted by Gasteiger charge is 2.74. The number of rotatable bonds is 7. The Kier molecular flexibility index (Phi) is 3.48. The van der Waals surface area contributed by atoms with Gasteiger partial charge in [-0.25, -0.2) is 4.79 Å². The molecule has 0 radical (unpaired) electrons. The minimum atomic E-state index is -0.573. The van der Waals surface area contributed by atoms with Gasteiger partial charge in [0, 0.05) is 5.41 Å². The number of epoxide rings is 1. The molecule has 1 aliphatic heterocycles. The maximum atomic E-state index is 11.9. The first kappa shape index (κ1) is 12.9. The van der Waals surface area contributed by atoms with Gasteiger partial charge in [-0.05, 0) is 25.2 Å². The number of hydrogen-bond acceptors (Lipinski definition) is 3. The van der Waals surface area contributed by atoms with Crippen molar-refractivity contribution in [1.82, 2.24) is 0 Å². The van der Waals surface area contributed by atoms with Crippen molar-refractivity contribution < 1.29 is 14.3 Å². The molecule has 3 heteroatoms. The molecule has 2 rings (SSSR count). The number of unbranched alkanes of at least 4 members (excludes halogenated alkanes) is 1. The molecule has 0 aromatic carbocycles. The Morgan fingerprint density at radius 1 is 1.41 bits per heavy atom. The second-order valence-corrected chi connectivity index (χ2v) is 5.51. The van der Waals surface area contributed by atoms with Gasteiger partial charge in [0.25, 0.3) is 0 Å². The number of esters is 1. The second kappa shape index (κ2) is 4.60. The average Bonchev–Trinajstić information content (AvgIpc) is 3.20. The molecule has 0 spiro atoms. The zero-order chi connectivity index (χ0) is 12.5. The number of methoxy groups -OCH3 is 1. The summed E-state index contributed by atoms with van der Waals surface area (Å²) in [5.41, 5.74) is -0.472. The summed E-state index contributed by atoms with van der Waals surface area (Å²) in [6, 6.07) is 0. The van der Waals surface area contributed by atoms with E-state index in [1.807, 2.05) is 0 Å². The van der Waals surface area contributed by atoms with Crippen LogP contribution in [0.5, 0.6) is 0 Å². The van der Waals surface area contributed by atoms with Crippen LogP contribution >= 0.6 is 0 Å². The van der Waals surface area contributed by atoms with Crippen LogP contribution in [0.3, 0.4) is 0 Å². The SMILES string of the molecule is CCCCC(CC)C1(C2(C(=O)OC)CO2)CC1. The average molecular weight is 240 g/mol. The number of ether oxygens (including phenoxy) is 2. The molecule has 0 amide bonds. The third kappa shape index (κ3) is 1.88. The van der Waals surface area contributed by atoms with Crippen LogP contribution < -0.4 is 0 Å². The highest BCUT2D eigenvalue weighted by molar-refractivity contribution is 5.84. The van der Waals surface area contributed by atoms with Crippen LogP contribution in [0.1, 0.15) is 52.4 Å². The van der Waals surface area contributed by atoms with Gasteiger partial charge in [0.15, 0.2) is 5.60 Å². The summed E-state index contributed by atoms with van der Waals surface area (Å²) in [5, 5.41) is 0. The Morgan fingerprint density at radius 2 is 2.06 bits per heavy atom. The lowest BCUT2D eigenvalue weighted by Crippen LogP contribution is -2.41. The van der Waals surface area contributed by atoms with Crippen molar-refractivity contribution in [1.29, 1.82) is 0 Å². The van der Waals surface area contributed by atoms with Gasteiger partial charge in [0.05, 0.1) is 13.7 Å². The maximum Gasteiger partial charge on any atom is 0.341 e. The molecule has 98 valence electrons. The van der Waals surface area contributed by atoms with Gasteiger partial charge in [0.1, 0.15) is 0 Å². The van der Waals surface area contributed by atoms with E-state index in [1.54, 1.807) is 0 Å². The van der Waals surface area contributed by atoms with E-state index in [0.717, 1.165) is 19.3 Å². The van der Waals surface area contributed by atoms with Crippen molar-refractivity contribution in [2.24, 2.45) is 11.3 Å². The van der Waals surface area contributed by atoms with Gasteiger partial charge < -0.3 is 9.47 Å². The standard InChI is InChI=1S/C14H24O3/c1-4-6-7-11(5-2)13(8-9-13)14(10-17-14)12(15)16-3/h11H,4-10H2,1-3H3. The first-order chi connectivity index (χ1) is 8.16. The Bertz CT molecular complexity index is 290. The molecule has 0 aromatic heterocycles. The normalized spacial score (nSPS) is 30.8. The van der Waals surface area contributed by atoms with Crippen molar-refractivity contribution in [3.05, 3.63) is 0 Å². The molecular weight excluding hydrogens is 216 g/mol. The summed E-state index contributed by atoms with van der Waals surface area (Å²) in [7, 11) is 1.47. The third-order valence-corrected chi connectivity index (χ3v) is 4.72. The topological polar surface area (TPSA) is 38.8 Å². The summed E-state index contributed by atoms with van der Waals surface area (Å²) in [4.78, 5) is 11.9. The number of carbonyl (C=O) groups is 1. The molecule has 1 saturated carbocycles. The van der Waals surface area contributed by atoms with Crippen LogP contribution in [0, 0.1) is 11.3 Å². The second-order valence-electron chi connectivity index (χ2n) is 5.51. The third-order valence-electron chi connectivity index (χ3n) is 4.72. The van der Waals surface area contributed by atoms with Gasteiger partial charge in [-0.3, -0.25) is 0 Å². The van der Waals surface area contributed by atoms with E-state index in [1.165, 1.54) is 26.4 Å². The number of hydrogen-bond donors (Lipinski definition) is 0. The Labute approximate surface area is 104 Å². The van der Waals surface area contributed by atoms with E-state index < -0.39 is 5.60 Å². The largest absolute Gasteiger partial charge is 0.467 e. The van der Waals surface area contributed by atoms with Crippen LogP contribution in [0.15, 0.2) is 0 Å². The van der Waals surface area contributed by atoms with Gasteiger partial charge >= 0.3 is 5.97 Å². The van der Waals surface area contributed by atoms with Crippen LogP contribution in [0.2, 0.25) is 0 Å². The van der Waals surface area contributed by atoms with Gasteiger partial charge in [-0.2, -0.15) is 0 Å². The van der Waals surface area contributed by atoms with Crippen LogP contribution in [-0.4, -0.2) is 25.3 Å². The first-order valence-electron chi connectivity index (χ1n) is 6.89. The lowest BCUT2D eigenvalue weighted by molar-refractivity contribution is -0.151. The van der Waals surface area contributed by atoms with Gasteiger partial charge in [-0.1, -0.05) is 33.1 Å². The predicted molar refractivity (Wildman–Crippen MR) is 65.7 cm³/mol. The highest BCUT2D eigenvalue weighted by atomic mass is 16.6. The molecule has 2 aliphatic rings. The molecule has 0 aromatic rings. The van der Waals surface area contributed by atoms with Crippen molar-refractivity contribution in [2.45, 2.75) is 58.0 Å². The molecule has 0 bridgehead atoms. The van der Waals surface area contributed by atoms with E-state index >= 15 is 0 Å². The Morgan fingerprint density at radius 3 is 2.41 bits per heavy atom. The molecule has 2 fully saturated rings. The summed E-state index contributed by atoms with van der Waals surface area (Å²) in [6.45, 7) is 5.02. The summed E-state index contributed by atoms with van der Waals surface area (Å²) >= 11 is 0. The van der Waals surface area contributed by atoms with Crippen LogP contribution in [0.25, 0.3) is 0 Å². The fourth-order valence-electron chi connectivity index (χ4n) is 3.44. The smallest absolute Gasteiger partial charge is 0.341 e. The fourth-order valence-corrected chi connectivity index (χ4v) is 3.44. The van der Waals surface area contributed by atoms with E-state index in [-0.39, 0.29) is 11.4 Å². The molecule has 1 heterocycles. The van der Waals surface area contributed by atoms with E-state index in [2.05, 4.69) is 13.8 Å². The van der Waals surface area contributed by atoms with Crippen LogP contribution in [0.4, 0.5) is 0 Å². The zero-order valence-corrected chi connectivity index (χ0v) is 11.3. The van der Waals surface area contributed by atoms with Gasteiger partial charge in [-0.15, -0.1) is 0 Å². The summed E-state index contributed by atoms with van der Waals surface area (Å²) in [5.74, 6) is 0.467. The van der Waals surface area contributed by atoms with Crippen molar-refractivity contribution in [3.8, 4) is 0 Å². The zero-order valence-electron chi connectivity index (χ0n) is 11.3. The lowest BCUT2D eigenvalue weighted by Gasteiger charge is -2.30. The maximum absolute atomic E-state index is 11.9. The summed E-state index contributed by atoms with van der Waals surface area (Å²) < 4.78 is 10.5. The molecule has 1 saturated heterocycles. The minimum Gasteiger partial charge on any atom is -0.467 e. The van der Waals surface area contributed by atoms with E-state index in [9.17, 15) is 4.79 Å². The monoisotopic (exact) mass is 240 g/mol. The first-order valence-corrected chi connectivity index (χ1v) is 6.89. The molecule has 0 N–H and O–H groups in total. The Hall–Kier alpha value is -0.570. The van der Waals surface area contributed by atoms with Crippen LogP contribution in [-0.2, 0) is 14.3 Å². The molecule has 17 heavy (non-hydrogen) atoms. The summed E-state index contributed by atoms with van der Waals surface area (Å²) in [6.07, 6.45) is 7.09. The van der Waals surface area contributed by atoms with Crippen molar-refractivity contribution in [2.75, 3.05) is 13.7 Å². The van der Waals surface area contributed by atoms with E-state index in [0.29, 0.717) is 12.5 Å². The highest BCUT2D eigenvalue weighted by Crippen LogP contribution is 2.67. The fraction of sp³-hybridized carbons (Fsp3) is 0.929. The molecule has 2 atom stereocenters. The lowest BCUT2D eigenvalue weighted by atomic mass is 9.74. The van der Waals surface area contributed by atoms with Crippen molar-refractivity contribution in [3.63, 3.8) is 0 Å².